The van der Waals surface area contributed by atoms with Crippen molar-refractivity contribution in [2.45, 2.75) is 28.4 Å². The predicted octanol–water partition coefficient (Wildman–Crippen LogP) is 4.80. The Hall–Kier alpha value is -2.29. The summed E-state index contributed by atoms with van der Waals surface area (Å²) in [7, 11) is 1.69. The lowest BCUT2D eigenvalue weighted by Crippen LogP contribution is -2.24. The molecule has 28 heavy (non-hydrogen) atoms. The van der Waals surface area contributed by atoms with Crippen molar-refractivity contribution in [3.8, 4) is 0 Å². The third kappa shape index (κ3) is 4.09. The first-order valence-corrected chi connectivity index (χ1v) is 10.8. The van der Waals surface area contributed by atoms with E-state index in [-0.39, 0.29) is 0 Å². The third-order valence-electron chi connectivity index (χ3n) is 4.21. The molecule has 0 fully saturated rings. The van der Waals surface area contributed by atoms with Gasteiger partial charge < -0.3 is 10.1 Å². The van der Waals surface area contributed by atoms with Crippen LogP contribution in [0.5, 0.6) is 0 Å². The van der Waals surface area contributed by atoms with E-state index in [1.165, 1.54) is 5.56 Å². The molecule has 0 amide bonds. The number of benzene rings is 1. The van der Waals surface area contributed by atoms with Crippen LogP contribution in [0.25, 0.3) is 0 Å². The van der Waals surface area contributed by atoms with Crippen LogP contribution in [-0.4, -0.2) is 34.5 Å². The van der Waals surface area contributed by atoms with E-state index < -0.39 is 0 Å². The van der Waals surface area contributed by atoms with E-state index in [4.69, 9.17) is 4.74 Å². The first kappa shape index (κ1) is 19.0. The van der Waals surface area contributed by atoms with E-state index in [1.54, 1.807) is 43.0 Å². The lowest BCUT2D eigenvalue weighted by Gasteiger charge is -2.30. The average molecular weight is 412 g/mol. The Kier molecular flexibility index (Phi) is 5.99. The van der Waals surface area contributed by atoms with Crippen LogP contribution in [0.3, 0.4) is 0 Å². The zero-order valence-corrected chi connectivity index (χ0v) is 17.4. The largest absolute Gasteiger partial charge is 0.380 e. The number of aromatic nitrogens is 3. The highest BCUT2D eigenvalue weighted by Crippen LogP contribution is 2.46. The Balaban J connectivity index is 1.53. The molecule has 3 aromatic rings. The molecular weight excluding hydrogens is 390 g/mol. The van der Waals surface area contributed by atoms with Crippen LogP contribution in [-0.2, 0) is 11.3 Å². The smallest absolute Gasteiger partial charge is 0.168 e. The molecule has 1 N–H and O–H groups in total. The summed E-state index contributed by atoms with van der Waals surface area (Å²) in [6.07, 6.45) is 5.32. The van der Waals surface area contributed by atoms with Crippen molar-refractivity contribution >= 4 is 40.7 Å². The van der Waals surface area contributed by atoms with Gasteiger partial charge in [-0.2, -0.15) is 0 Å². The van der Waals surface area contributed by atoms with E-state index >= 15 is 0 Å². The second-order valence-electron chi connectivity index (χ2n) is 6.11. The Bertz CT molecular complexity index is 952. The van der Waals surface area contributed by atoms with Crippen LogP contribution >= 0.6 is 23.5 Å². The fraction of sp³-hybridized carbons (Fsp3) is 0.250. The summed E-state index contributed by atoms with van der Waals surface area (Å²) < 4.78 is 5.42. The topological polar surface area (TPSA) is 63.2 Å². The van der Waals surface area contributed by atoms with Gasteiger partial charge in [-0.25, -0.2) is 15.0 Å². The lowest BCUT2D eigenvalue weighted by molar-refractivity contribution is 0.204. The van der Waals surface area contributed by atoms with Gasteiger partial charge in [0.1, 0.15) is 11.8 Å². The van der Waals surface area contributed by atoms with Gasteiger partial charge in [0.05, 0.1) is 22.6 Å². The summed E-state index contributed by atoms with van der Waals surface area (Å²) in [6, 6.07) is 10.6. The quantitative estimate of drug-likeness (QED) is 0.556. The molecule has 2 aromatic heterocycles. The Labute approximate surface area is 173 Å². The number of nitrogens with zero attached hydrogens (tertiary/aromatic N) is 4. The molecule has 1 aliphatic rings. The number of methoxy groups -OCH3 is 1. The molecule has 1 aromatic carbocycles. The molecule has 0 spiro atoms. The number of thioether (sulfide) groups is 1. The van der Waals surface area contributed by atoms with Gasteiger partial charge in [-0.3, -0.25) is 4.90 Å². The van der Waals surface area contributed by atoms with Crippen LogP contribution in [0.15, 0.2) is 63.9 Å². The van der Waals surface area contributed by atoms with Crippen molar-refractivity contribution in [2.24, 2.45) is 0 Å². The molecule has 0 saturated carbocycles. The minimum absolute atomic E-state index is 0.427. The van der Waals surface area contributed by atoms with Crippen LogP contribution < -0.4 is 10.2 Å². The van der Waals surface area contributed by atoms with E-state index in [9.17, 15) is 0 Å². The lowest BCUT2D eigenvalue weighted by atomic mass is 10.1. The third-order valence-corrected chi connectivity index (χ3v) is 6.08. The molecular formula is C20H21N5OS2. The van der Waals surface area contributed by atoms with Crippen molar-refractivity contribution in [1.82, 2.24) is 15.0 Å². The molecule has 4 rings (SSSR count). The summed E-state index contributed by atoms with van der Waals surface area (Å²) in [5, 5.41) is 5.39. The minimum Gasteiger partial charge on any atom is -0.380 e. The normalized spacial score (nSPS) is 12.4. The molecule has 0 aliphatic carbocycles. The van der Waals surface area contributed by atoms with Crippen molar-refractivity contribution < 1.29 is 4.74 Å². The van der Waals surface area contributed by atoms with Gasteiger partial charge in [0, 0.05) is 30.9 Å². The first-order chi connectivity index (χ1) is 13.8. The molecule has 0 atom stereocenters. The van der Waals surface area contributed by atoms with Gasteiger partial charge >= 0.3 is 0 Å². The van der Waals surface area contributed by atoms with Gasteiger partial charge in [-0.15, -0.1) is 11.8 Å². The SMILES string of the molecule is CCSc1ccc(NCc2ccc3c(c2)N(COC)c2nccnc2S3)cn1. The Morgan fingerprint density at radius 2 is 2.04 bits per heavy atom. The van der Waals surface area contributed by atoms with Gasteiger partial charge in [0.15, 0.2) is 5.82 Å². The number of hydrogen-bond acceptors (Lipinski definition) is 8. The van der Waals surface area contributed by atoms with E-state index in [1.807, 2.05) is 6.20 Å². The van der Waals surface area contributed by atoms with Gasteiger partial charge in [0.25, 0.3) is 0 Å². The van der Waals surface area contributed by atoms with Crippen LogP contribution in [0, 0.1) is 0 Å². The summed E-state index contributed by atoms with van der Waals surface area (Å²) in [6.45, 7) is 3.27. The summed E-state index contributed by atoms with van der Waals surface area (Å²) >= 11 is 3.38. The van der Waals surface area contributed by atoms with Crippen LogP contribution in [0.4, 0.5) is 17.2 Å². The number of anilines is 3. The number of ether oxygens (including phenoxy) is 1. The number of rotatable bonds is 7. The van der Waals surface area contributed by atoms with E-state index in [0.29, 0.717) is 13.3 Å². The molecule has 8 heteroatoms. The zero-order chi connectivity index (χ0) is 19.3. The van der Waals surface area contributed by atoms with Crippen LogP contribution in [0.2, 0.25) is 0 Å². The number of hydrogen-bond donors (Lipinski definition) is 1. The predicted molar refractivity (Wildman–Crippen MR) is 115 cm³/mol. The molecule has 1 aliphatic heterocycles. The summed E-state index contributed by atoms with van der Waals surface area (Å²) in [5.41, 5.74) is 3.28. The number of nitrogens with one attached hydrogen (secondary N) is 1. The monoisotopic (exact) mass is 411 g/mol. The highest BCUT2D eigenvalue weighted by molar-refractivity contribution is 7.99. The van der Waals surface area contributed by atoms with Crippen molar-refractivity contribution in [3.63, 3.8) is 0 Å². The fourth-order valence-electron chi connectivity index (χ4n) is 2.95. The second-order valence-corrected chi connectivity index (χ2v) is 8.42. The van der Waals surface area contributed by atoms with Gasteiger partial charge in [-0.05, 0) is 35.6 Å². The van der Waals surface area contributed by atoms with Gasteiger partial charge in [-0.1, -0.05) is 24.8 Å². The molecule has 0 bridgehead atoms. The van der Waals surface area contributed by atoms with Gasteiger partial charge in [0.2, 0.25) is 0 Å². The number of pyridine rings is 1. The van der Waals surface area contributed by atoms with E-state index in [0.717, 1.165) is 37.9 Å². The highest BCUT2D eigenvalue weighted by Gasteiger charge is 2.25. The fourth-order valence-corrected chi connectivity index (χ4v) is 4.52. The van der Waals surface area contributed by atoms with E-state index in [2.05, 4.69) is 62.4 Å². The first-order valence-electron chi connectivity index (χ1n) is 8.99. The molecule has 0 unspecified atom stereocenters. The van der Waals surface area contributed by atoms with Crippen molar-refractivity contribution in [1.29, 1.82) is 0 Å². The Morgan fingerprint density at radius 1 is 1.14 bits per heavy atom. The molecule has 0 radical (unpaired) electrons. The van der Waals surface area contributed by atoms with Crippen molar-refractivity contribution in [2.75, 3.05) is 29.8 Å². The summed E-state index contributed by atoms with van der Waals surface area (Å²) in [5.74, 6) is 1.86. The van der Waals surface area contributed by atoms with Crippen molar-refractivity contribution in [3.05, 3.63) is 54.5 Å². The maximum Gasteiger partial charge on any atom is 0.168 e. The molecule has 0 saturated heterocycles. The second kappa shape index (κ2) is 8.81. The maximum absolute atomic E-state index is 5.42. The molecule has 6 nitrogen and oxygen atoms in total. The van der Waals surface area contributed by atoms with Crippen LogP contribution in [0.1, 0.15) is 12.5 Å². The minimum atomic E-state index is 0.427. The summed E-state index contributed by atoms with van der Waals surface area (Å²) in [4.78, 5) is 16.6. The highest BCUT2D eigenvalue weighted by atomic mass is 32.2. The number of fused-ring (bicyclic) bond motifs is 2. The zero-order valence-electron chi connectivity index (χ0n) is 15.8. The average Bonchev–Trinajstić information content (AvgIpc) is 2.73. The molecule has 144 valence electrons. The maximum atomic E-state index is 5.42. The Morgan fingerprint density at radius 3 is 2.82 bits per heavy atom. The standard InChI is InChI=1S/C20H21N5OS2/c1-3-27-18-7-5-15(12-24-18)23-11-14-4-6-17-16(10-14)25(13-26-2)19-20(28-17)22-9-8-21-19/h4-10,12,23H,3,11,13H2,1-2H3. The molecule has 3 heterocycles.